The number of amides is 1. The Bertz CT molecular complexity index is 701. The van der Waals surface area contributed by atoms with E-state index in [0.717, 1.165) is 16.9 Å². The van der Waals surface area contributed by atoms with E-state index in [4.69, 9.17) is 4.74 Å². The van der Waals surface area contributed by atoms with Gasteiger partial charge in [0.05, 0.1) is 6.61 Å². The molecule has 2 aromatic rings. The normalized spacial score (nSPS) is 10.5. The van der Waals surface area contributed by atoms with Crippen molar-refractivity contribution in [1.82, 2.24) is 4.90 Å². The van der Waals surface area contributed by atoms with Gasteiger partial charge in [-0.1, -0.05) is 18.2 Å². The highest BCUT2D eigenvalue weighted by Crippen LogP contribution is 2.18. The van der Waals surface area contributed by atoms with Crippen LogP contribution in [-0.4, -0.2) is 29.6 Å². The van der Waals surface area contributed by atoms with Crippen LogP contribution in [0.1, 0.15) is 30.9 Å². The first-order valence-corrected chi connectivity index (χ1v) is 8.42. The highest BCUT2D eigenvalue weighted by Gasteiger charge is 2.10. The lowest BCUT2D eigenvalue weighted by Gasteiger charge is -2.17. The molecular formula is C20H24FNO3. The van der Waals surface area contributed by atoms with E-state index >= 15 is 0 Å². The average Bonchev–Trinajstić information content (AvgIpc) is 2.60. The van der Waals surface area contributed by atoms with Gasteiger partial charge < -0.3 is 14.7 Å². The SMILES string of the molecule is CCOc1ccc(CN(C)C(=O)CCCc2ccc(O)c(F)c2)cc1. The zero-order chi connectivity index (χ0) is 18.2. The Balaban J connectivity index is 1.78. The maximum Gasteiger partial charge on any atom is 0.222 e. The molecule has 0 radical (unpaired) electrons. The molecular weight excluding hydrogens is 321 g/mol. The van der Waals surface area contributed by atoms with Crippen molar-refractivity contribution in [1.29, 1.82) is 0 Å². The molecule has 0 saturated carbocycles. The van der Waals surface area contributed by atoms with Crippen molar-refractivity contribution >= 4 is 5.91 Å². The van der Waals surface area contributed by atoms with E-state index in [-0.39, 0.29) is 11.7 Å². The van der Waals surface area contributed by atoms with Gasteiger partial charge in [-0.05, 0) is 55.2 Å². The van der Waals surface area contributed by atoms with Crippen molar-refractivity contribution < 1.29 is 19.0 Å². The predicted octanol–water partition coefficient (Wildman–Crippen LogP) is 3.91. The summed E-state index contributed by atoms with van der Waals surface area (Å²) >= 11 is 0. The van der Waals surface area contributed by atoms with Crippen molar-refractivity contribution in [3.63, 3.8) is 0 Å². The minimum atomic E-state index is -0.628. The molecule has 2 rings (SSSR count). The Hall–Kier alpha value is -2.56. The molecule has 1 amide bonds. The van der Waals surface area contributed by atoms with E-state index in [1.54, 1.807) is 18.0 Å². The van der Waals surface area contributed by atoms with Crippen LogP contribution >= 0.6 is 0 Å². The van der Waals surface area contributed by atoms with Crippen LogP contribution in [0.25, 0.3) is 0 Å². The maximum atomic E-state index is 13.3. The van der Waals surface area contributed by atoms with Crippen LogP contribution in [0.5, 0.6) is 11.5 Å². The number of benzene rings is 2. The van der Waals surface area contributed by atoms with Gasteiger partial charge in [-0.25, -0.2) is 4.39 Å². The largest absolute Gasteiger partial charge is 0.505 e. The van der Waals surface area contributed by atoms with Crippen molar-refractivity contribution in [3.05, 3.63) is 59.4 Å². The number of phenols is 1. The van der Waals surface area contributed by atoms with Crippen LogP contribution in [0.15, 0.2) is 42.5 Å². The van der Waals surface area contributed by atoms with Crippen LogP contribution in [0.4, 0.5) is 4.39 Å². The second-order valence-electron chi connectivity index (χ2n) is 5.97. The second-order valence-corrected chi connectivity index (χ2v) is 5.97. The second kappa shape index (κ2) is 9.06. The summed E-state index contributed by atoms with van der Waals surface area (Å²) in [5, 5.41) is 9.17. The van der Waals surface area contributed by atoms with Crippen molar-refractivity contribution in [2.24, 2.45) is 0 Å². The Morgan fingerprint density at radius 2 is 1.84 bits per heavy atom. The third-order valence-corrected chi connectivity index (χ3v) is 3.95. The lowest BCUT2D eigenvalue weighted by Crippen LogP contribution is -2.25. The number of phenolic OH excluding ortho intramolecular Hbond substituents is 1. The summed E-state index contributed by atoms with van der Waals surface area (Å²) in [5.41, 5.74) is 1.82. The number of nitrogens with zero attached hydrogens (tertiary/aromatic N) is 1. The first-order chi connectivity index (χ1) is 12.0. The molecule has 0 spiro atoms. The number of halogens is 1. The Labute approximate surface area is 147 Å². The molecule has 0 saturated heterocycles. The molecule has 0 heterocycles. The number of ether oxygens (including phenoxy) is 1. The van der Waals surface area contributed by atoms with Crippen LogP contribution in [0.3, 0.4) is 0 Å². The first kappa shape index (κ1) is 18.8. The molecule has 0 fully saturated rings. The summed E-state index contributed by atoms with van der Waals surface area (Å²) in [6, 6.07) is 12.0. The van der Waals surface area contributed by atoms with Gasteiger partial charge in [0, 0.05) is 20.0 Å². The fourth-order valence-electron chi connectivity index (χ4n) is 2.56. The van der Waals surface area contributed by atoms with Crippen LogP contribution in [-0.2, 0) is 17.8 Å². The Kier molecular flexibility index (Phi) is 6.81. The van der Waals surface area contributed by atoms with Gasteiger partial charge >= 0.3 is 0 Å². The molecule has 25 heavy (non-hydrogen) atoms. The topological polar surface area (TPSA) is 49.8 Å². The van der Waals surface area contributed by atoms with Gasteiger partial charge in [0.25, 0.3) is 0 Å². The molecule has 0 atom stereocenters. The lowest BCUT2D eigenvalue weighted by molar-refractivity contribution is -0.130. The molecule has 4 nitrogen and oxygen atoms in total. The molecule has 2 aromatic carbocycles. The molecule has 0 aliphatic heterocycles. The minimum Gasteiger partial charge on any atom is -0.505 e. The highest BCUT2D eigenvalue weighted by molar-refractivity contribution is 5.75. The first-order valence-electron chi connectivity index (χ1n) is 8.42. The van der Waals surface area contributed by atoms with Gasteiger partial charge in [0.15, 0.2) is 11.6 Å². The number of carbonyl (C=O) groups excluding carboxylic acids is 1. The molecule has 0 aliphatic carbocycles. The number of rotatable bonds is 8. The minimum absolute atomic E-state index is 0.0492. The third kappa shape index (κ3) is 5.78. The number of hydrogen-bond donors (Lipinski definition) is 1. The van der Waals surface area contributed by atoms with Crippen molar-refractivity contribution in [2.75, 3.05) is 13.7 Å². The molecule has 0 aromatic heterocycles. The number of aryl methyl sites for hydroxylation is 1. The van der Waals surface area contributed by atoms with E-state index < -0.39 is 5.82 Å². The molecule has 134 valence electrons. The third-order valence-electron chi connectivity index (χ3n) is 3.95. The van der Waals surface area contributed by atoms with E-state index in [2.05, 4.69) is 0 Å². The fraction of sp³-hybridized carbons (Fsp3) is 0.350. The maximum absolute atomic E-state index is 13.3. The zero-order valence-electron chi connectivity index (χ0n) is 14.7. The lowest BCUT2D eigenvalue weighted by atomic mass is 10.1. The summed E-state index contributed by atoms with van der Waals surface area (Å²) in [7, 11) is 1.78. The number of hydrogen-bond acceptors (Lipinski definition) is 3. The van der Waals surface area contributed by atoms with E-state index in [0.29, 0.717) is 32.4 Å². The number of carbonyl (C=O) groups is 1. The monoisotopic (exact) mass is 345 g/mol. The Morgan fingerprint density at radius 1 is 1.16 bits per heavy atom. The zero-order valence-corrected chi connectivity index (χ0v) is 14.7. The summed E-state index contributed by atoms with van der Waals surface area (Å²) in [4.78, 5) is 13.9. The fourth-order valence-corrected chi connectivity index (χ4v) is 2.56. The van der Waals surface area contributed by atoms with Crippen molar-refractivity contribution in [2.45, 2.75) is 32.7 Å². The quantitative estimate of drug-likeness (QED) is 0.789. The molecule has 0 unspecified atom stereocenters. The standard InChI is InChI=1S/C20H24FNO3/c1-3-25-17-10-7-16(8-11-17)14-22(2)20(24)6-4-5-15-9-12-19(23)18(21)13-15/h7-13,23H,3-6,14H2,1-2H3. The molecule has 0 bridgehead atoms. The van der Waals surface area contributed by atoms with Gasteiger partial charge in [-0.15, -0.1) is 0 Å². The van der Waals surface area contributed by atoms with Gasteiger partial charge in [0.1, 0.15) is 5.75 Å². The summed E-state index contributed by atoms with van der Waals surface area (Å²) in [6.45, 7) is 3.11. The number of aromatic hydroxyl groups is 1. The smallest absolute Gasteiger partial charge is 0.222 e. The van der Waals surface area contributed by atoms with Crippen LogP contribution in [0, 0.1) is 5.82 Å². The summed E-state index contributed by atoms with van der Waals surface area (Å²) in [6.07, 6.45) is 1.63. The highest BCUT2D eigenvalue weighted by atomic mass is 19.1. The molecule has 0 aliphatic rings. The summed E-state index contributed by atoms with van der Waals surface area (Å²) in [5.74, 6) is -0.110. The van der Waals surface area contributed by atoms with Gasteiger partial charge in [-0.2, -0.15) is 0 Å². The molecule has 5 heteroatoms. The van der Waals surface area contributed by atoms with Crippen LogP contribution < -0.4 is 4.74 Å². The van der Waals surface area contributed by atoms with Gasteiger partial charge in [0.2, 0.25) is 5.91 Å². The van der Waals surface area contributed by atoms with Crippen LogP contribution in [0.2, 0.25) is 0 Å². The Morgan fingerprint density at radius 3 is 2.48 bits per heavy atom. The van der Waals surface area contributed by atoms with Crippen molar-refractivity contribution in [3.8, 4) is 11.5 Å². The van der Waals surface area contributed by atoms with E-state index in [1.807, 2.05) is 31.2 Å². The van der Waals surface area contributed by atoms with Gasteiger partial charge in [-0.3, -0.25) is 4.79 Å². The average molecular weight is 345 g/mol. The van der Waals surface area contributed by atoms with E-state index in [1.165, 1.54) is 12.1 Å². The molecule has 1 N–H and O–H groups in total. The summed E-state index contributed by atoms with van der Waals surface area (Å²) < 4.78 is 18.7. The predicted molar refractivity (Wildman–Crippen MR) is 95.1 cm³/mol. The van der Waals surface area contributed by atoms with E-state index in [9.17, 15) is 14.3 Å².